The fourth-order valence-electron chi connectivity index (χ4n) is 3.57. The van der Waals surface area contributed by atoms with Gasteiger partial charge in [0, 0.05) is 37.9 Å². The molecule has 0 radical (unpaired) electrons. The molecule has 7 nitrogen and oxygen atoms in total. The second-order valence-electron chi connectivity index (χ2n) is 6.97. The smallest absolute Gasteiger partial charge is 0.254 e. The molecule has 1 aliphatic heterocycles. The lowest BCUT2D eigenvalue weighted by molar-refractivity contribution is 0.0631. The SMILES string of the molecule is Cc1noc(C2CN(Cc3ccccn3)CCCN2C(=O)c2ccccc2)n1. The molecule has 1 fully saturated rings. The van der Waals surface area contributed by atoms with E-state index in [4.69, 9.17) is 4.52 Å². The van der Waals surface area contributed by atoms with Crippen LogP contribution in [-0.4, -0.2) is 50.5 Å². The molecule has 2 aromatic heterocycles. The summed E-state index contributed by atoms with van der Waals surface area (Å²) >= 11 is 0. The van der Waals surface area contributed by atoms with E-state index in [9.17, 15) is 4.79 Å². The highest BCUT2D eigenvalue weighted by Gasteiger charge is 2.34. The van der Waals surface area contributed by atoms with E-state index in [0.29, 0.717) is 30.4 Å². The van der Waals surface area contributed by atoms with Crippen molar-refractivity contribution < 1.29 is 9.32 Å². The number of pyridine rings is 1. The van der Waals surface area contributed by atoms with Crippen molar-refractivity contribution in [3.05, 3.63) is 77.7 Å². The number of benzene rings is 1. The lowest BCUT2D eigenvalue weighted by atomic mass is 10.1. The zero-order valence-electron chi connectivity index (χ0n) is 15.9. The summed E-state index contributed by atoms with van der Waals surface area (Å²) in [6.45, 7) is 4.64. The molecular weight excluding hydrogens is 354 g/mol. The summed E-state index contributed by atoms with van der Waals surface area (Å²) in [7, 11) is 0. The number of rotatable bonds is 4. The van der Waals surface area contributed by atoms with Crippen LogP contribution in [0.3, 0.4) is 0 Å². The van der Waals surface area contributed by atoms with Crippen LogP contribution in [0.25, 0.3) is 0 Å². The topological polar surface area (TPSA) is 75.4 Å². The molecule has 1 aliphatic rings. The van der Waals surface area contributed by atoms with Crippen LogP contribution in [0.1, 0.15) is 40.2 Å². The van der Waals surface area contributed by atoms with E-state index < -0.39 is 0 Å². The van der Waals surface area contributed by atoms with Crippen molar-refractivity contribution in [2.24, 2.45) is 0 Å². The molecule has 3 aromatic rings. The van der Waals surface area contributed by atoms with Gasteiger partial charge in [0.1, 0.15) is 6.04 Å². The average Bonchev–Trinajstić information content (AvgIpc) is 3.05. The summed E-state index contributed by atoms with van der Waals surface area (Å²) in [5.74, 6) is 1.04. The molecule has 1 saturated heterocycles. The maximum atomic E-state index is 13.2. The third-order valence-corrected chi connectivity index (χ3v) is 4.90. The first-order valence-corrected chi connectivity index (χ1v) is 9.49. The molecule has 0 bridgehead atoms. The summed E-state index contributed by atoms with van der Waals surface area (Å²) in [5, 5.41) is 3.94. The number of aryl methyl sites for hydroxylation is 1. The Bertz CT molecular complexity index is 913. The van der Waals surface area contributed by atoms with Crippen molar-refractivity contribution in [1.29, 1.82) is 0 Å². The van der Waals surface area contributed by atoms with Gasteiger partial charge < -0.3 is 9.42 Å². The lowest BCUT2D eigenvalue weighted by Gasteiger charge is -2.29. The maximum absolute atomic E-state index is 13.2. The van der Waals surface area contributed by atoms with Gasteiger partial charge in [-0.05, 0) is 37.6 Å². The largest absolute Gasteiger partial charge is 0.337 e. The third-order valence-electron chi connectivity index (χ3n) is 4.90. The molecule has 0 N–H and O–H groups in total. The highest BCUT2D eigenvalue weighted by Crippen LogP contribution is 2.26. The normalized spacial score (nSPS) is 18.0. The fourth-order valence-corrected chi connectivity index (χ4v) is 3.57. The second kappa shape index (κ2) is 8.31. The maximum Gasteiger partial charge on any atom is 0.254 e. The van der Waals surface area contributed by atoms with Gasteiger partial charge in [-0.25, -0.2) is 0 Å². The molecule has 7 heteroatoms. The van der Waals surface area contributed by atoms with Crippen LogP contribution in [0.4, 0.5) is 0 Å². The van der Waals surface area contributed by atoms with Crippen LogP contribution in [0.2, 0.25) is 0 Å². The Morgan fingerprint density at radius 1 is 1.14 bits per heavy atom. The molecule has 1 amide bonds. The van der Waals surface area contributed by atoms with Gasteiger partial charge >= 0.3 is 0 Å². The molecule has 28 heavy (non-hydrogen) atoms. The Kier molecular flexibility index (Phi) is 5.43. The van der Waals surface area contributed by atoms with Gasteiger partial charge in [-0.3, -0.25) is 14.7 Å². The standard InChI is InChI=1S/C21H23N5O2/c1-16-23-20(28-24-16)19-15-25(14-18-10-5-6-11-22-18)12-7-13-26(19)21(27)17-8-3-2-4-9-17/h2-6,8-11,19H,7,12-15H2,1H3. The monoisotopic (exact) mass is 377 g/mol. The highest BCUT2D eigenvalue weighted by molar-refractivity contribution is 5.94. The average molecular weight is 377 g/mol. The Morgan fingerprint density at radius 3 is 2.68 bits per heavy atom. The van der Waals surface area contributed by atoms with E-state index in [1.165, 1.54) is 0 Å². The molecule has 0 aliphatic carbocycles. The number of hydrogen-bond donors (Lipinski definition) is 0. The molecule has 0 spiro atoms. The molecule has 1 unspecified atom stereocenters. The quantitative estimate of drug-likeness (QED) is 0.696. The van der Waals surface area contributed by atoms with Crippen molar-refractivity contribution in [1.82, 2.24) is 24.9 Å². The summed E-state index contributed by atoms with van der Waals surface area (Å²) < 4.78 is 5.48. The van der Waals surface area contributed by atoms with Gasteiger partial charge in [0.05, 0.1) is 5.69 Å². The Balaban J connectivity index is 1.61. The first kappa shape index (κ1) is 18.3. The summed E-state index contributed by atoms with van der Waals surface area (Å²) in [5.41, 5.74) is 1.67. The van der Waals surface area contributed by atoms with Crippen LogP contribution in [0.15, 0.2) is 59.3 Å². The molecule has 0 saturated carbocycles. The minimum absolute atomic E-state index is 0.0128. The van der Waals surface area contributed by atoms with Crippen molar-refractivity contribution in [2.45, 2.75) is 25.9 Å². The van der Waals surface area contributed by atoms with E-state index >= 15 is 0 Å². The van der Waals surface area contributed by atoms with Crippen LogP contribution in [0, 0.1) is 6.92 Å². The van der Waals surface area contributed by atoms with Gasteiger partial charge in [-0.15, -0.1) is 0 Å². The van der Waals surface area contributed by atoms with Crippen LogP contribution >= 0.6 is 0 Å². The van der Waals surface area contributed by atoms with E-state index in [2.05, 4.69) is 20.0 Å². The first-order valence-electron chi connectivity index (χ1n) is 9.49. The minimum atomic E-state index is -0.292. The van der Waals surface area contributed by atoms with Crippen molar-refractivity contribution in [2.75, 3.05) is 19.6 Å². The number of amides is 1. The van der Waals surface area contributed by atoms with Crippen molar-refractivity contribution in [3.63, 3.8) is 0 Å². The zero-order valence-corrected chi connectivity index (χ0v) is 15.9. The molecule has 1 atom stereocenters. The Morgan fingerprint density at radius 2 is 1.96 bits per heavy atom. The van der Waals surface area contributed by atoms with E-state index in [1.807, 2.05) is 53.4 Å². The predicted octanol–water partition coefficient (Wildman–Crippen LogP) is 2.86. The number of aromatic nitrogens is 3. The summed E-state index contributed by atoms with van der Waals surface area (Å²) in [4.78, 5) is 26.2. The van der Waals surface area contributed by atoms with Crippen molar-refractivity contribution in [3.8, 4) is 0 Å². The highest BCUT2D eigenvalue weighted by atomic mass is 16.5. The van der Waals surface area contributed by atoms with E-state index in [1.54, 1.807) is 13.1 Å². The molecular formula is C21H23N5O2. The molecule has 1 aromatic carbocycles. The van der Waals surface area contributed by atoms with Crippen LogP contribution in [0.5, 0.6) is 0 Å². The summed E-state index contributed by atoms with van der Waals surface area (Å²) in [6.07, 6.45) is 2.67. The Labute approximate surface area is 164 Å². The molecule has 144 valence electrons. The van der Waals surface area contributed by atoms with E-state index in [0.717, 1.165) is 25.2 Å². The van der Waals surface area contributed by atoms with Crippen molar-refractivity contribution >= 4 is 5.91 Å². The minimum Gasteiger partial charge on any atom is -0.337 e. The molecule has 3 heterocycles. The fraction of sp³-hybridized carbons (Fsp3) is 0.333. The van der Waals surface area contributed by atoms with Gasteiger partial charge in [0.25, 0.3) is 11.8 Å². The summed E-state index contributed by atoms with van der Waals surface area (Å²) in [6, 6.07) is 15.0. The van der Waals surface area contributed by atoms with E-state index in [-0.39, 0.29) is 11.9 Å². The van der Waals surface area contributed by atoms with Gasteiger partial charge in [-0.2, -0.15) is 4.98 Å². The number of nitrogens with zero attached hydrogens (tertiary/aromatic N) is 5. The lowest BCUT2D eigenvalue weighted by Crippen LogP contribution is -2.38. The number of carbonyl (C=O) groups excluding carboxylic acids is 1. The van der Waals surface area contributed by atoms with Gasteiger partial charge in [-0.1, -0.05) is 29.4 Å². The molecule has 4 rings (SSSR count). The van der Waals surface area contributed by atoms with Crippen LogP contribution < -0.4 is 0 Å². The van der Waals surface area contributed by atoms with Crippen LogP contribution in [-0.2, 0) is 6.54 Å². The zero-order chi connectivity index (χ0) is 19.3. The first-order chi connectivity index (χ1) is 13.7. The second-order valence-corrected chi connectivity index (χ2v) is 6.97. The van der Waals surface area contributed by atoms with Gasteiger partial charge in [0.2, 0.25) is 0 Å². The third kappa shape index (κ3) is 4.09. The number of hydrogen-bond acceptors (Lipinski definition) is 6. The number of carbonyl (C=O) groups is 1. The Hall–Kier alpha value is -3.06. The predicted molar refractivity (Wildman–Crippen MR) is 103 cm³/mol. The van der Waals surface area contributed by atoms with Gasteiger partial charge in [0.15, 0.2) is 5.82 Å².